The summed E-state index contributed by atoms with van der Waals surface area (Å²) in [6, 6.07) is 0. The third-order valence-electron chi connectivity index (χ3n) is 21.8. The number of rotatable bonds is 6. The summed E-state index contributed by atoms with van der Waals surface area (Å²) in [7, 11) is 1.00. The van der Waals surface area contributed by atoms with Crippen LogP contribution < -0.4 is 0 Å². The second kappa shape index (κ2) is 24.2. The highest BCUT2D eigenvalue weighted by Crippen LogP contribution is 2.71. The number of aliphatic hydroxyl groups excluding tert-OH is 11. The van der Waals surface area contributed by atoms with Gasteiger partial charge in [0, 0.05) is 29.8 Å². The van der Waals surface area contributed by atoms with E-state index in [4.69, 9.17) is 24.1 Å². The number of hydrogen-bond donors (Lipinski definition) is 13. The van der Waals surface area contributed by atoms with E-state index in [0.717, 1.165) is 82.5 Å². The topological polar surface area (TPSA) is 489 Å². The van der Waals surface area contributed by atoms with Gasteiger partial charge >= 0.3 is 0 Å². The van der Waals surface area contributed by atoms with Crippen molar-refractivity contribution in [1.29, 1.82) is 0 Å². The fourth-order valence-electron chi connectivity index (χ4n) is 17.1. The van der Waals surface area contributed by atoms with Gasteiger partial charge in [-0.2, -0.15) is 0 Å². The molecule has 10 aliphatic rings. The van der Waals surface area contributed by atoms with Crippen LogP contribution in [0.15, 0.2) is 24.3 Å². The van der Waals surface area contributed by atoms with Gasteiger partial charge in [-0.1, -0.05) is 52.0 Å². The molecule has 10 fully saturated rings. The first-order chi connectivity index (χ1) is 32.6. The molecule has 76 heavy (non-hydrogen) atoms. The molecule has 2 spiro atoms. The van der Waals surface area contributed by atoms with E-state index >= 15 is 0 Å². The van der Waals surface area contributed by atoms with Gasteiger partial charge in [0.05, 0.1) is 47.8 Å². The predicted molar refractivity (Wildman–Crippen MR) is 275 cm³/mol. The number of fused-ring (bicyclic) bond motifs is 4. The molecule has 0 aromatic carbocycles. The lowest BCUT2D eigenvalue weighted by Gasteiger charge is -2.44. The smallest absolute Gasteiger partial charge is 0.187 e. The summed E-state index contributed by atoms with van der Waals surface area (Å²) in [5.74, 6) is 0.631. The quantitative estimate of drug-likeness (QED) is 0.114. The standard InChI is InChI=1S/2C26H42O8.CH4O.6H2O/c2*1-13-15-6-5-14-10-25(15,7-8-26(32)16(13)9-18(28)23(26,2)3)12-24(14,4)34-22-21(31)20(30)19(29)17(11-27)33-22;1-2;;;;;;/h2*14-22,27-32H,1,5-12H2,2-4H3;2H,1H3;6*1H2/t2*14-,15+,16-,17-,18+,19-,20+,21-,22+,24-,25+,26+;;;;;;;/m11......./s1. The molecule has 0 amide bonds. The number of hydrogen-bond acceptors (Lipinski definition) is 17. The van der Waals surface area contributed by atoms with Crippen LogP contribution in [0.3, 0.4) is 0 Å². The van der Waals surface area contributed by atoms with Gasteiger partial charge in [0.1, 0.15) is 48.8 Å². The van der Waals surface area contributed by atoms with E-state index in [-0.39, 0.29) is 79.2 Å². The summed E-state index contributed by atoms with van der Waals surface area (Å²) in [4.78, 5) is 0. The summed E-state index contributed by atoms with van der Waals surface area (Å²) in [5, 5.41) is 133. The molecule has 10 rings (SSSR count). The van der Waals surface area contributed by atoms with Crippen LogP contribution in [-0.4, -0.2) is 216 Å². The highest BCUT2D eigenvalue weighted by atomic mass is 16.7. The van der Waals surface area contributed by atoms with Crippen LogP contribution in [0.1, 0.15) is 131 Å². The van der Waals surface area contributed by atoms with Gasteiger partial charge in [0.2, 0.25) is 0 Å². The summed E-state index contributed by atoms with van der Waals surface area (Å²) < 4.78 is 24.2. The van der Waals surface area contributed by atoms with E-state index < -0.39 is 120 Å². The van der Waals surface area contributed by atoms with Gasteiger partial charge in [-0.05, 0) is 138 Å². The van der Waals surface area contributed by atoms with E-state index in [1.165, 1.54) is 0 Å². The molecule has 23 nitrogen and oxygen atoms in total. The van der Waals surface area contributed by atoms with E-state index in [1.54, 1.807) is 0 Å². The normalized spacial score (nSPS) is 50.7. The maximum atomic E-state index is 11.9. The number of ether oxygens (including phenoxy) is 4. The van der Waals surface area contributed by atoms with E-state index in [9.17, 15) is 61.3 Å². The van der Waals surface area contributed by atoms with Crippen molar-refractivity contribution in [2.24, 2.45) is 57.2 Å². The Balaban J connectivity index is 0.000000468. The van der Waals surface area contributed by atoms with Crippen molar-refractivity contribution >= 4 is 0 Å². The molecule has 2 aliphatic heterocycles. The highest BCUT2D eigenvalue weighted by Gasteiger charge is 2.70. The second-order valence-electron chi connectivity index (χ2n) is 25.4. The Morgan fingerprint density at radius 1 is 0.474 bits per heavy atom. The average Bonchev–Trinajstić information content (AvgIpc) is 3.78. The summed E-state index contributed by atoms with van der Waals surface area (Å²) in [6.07, 6.45) is -3.14. The molecule has 24 atom stereocenters. The molecule has 2 heterocycles. The molecule has 0 aromatic heterocycles. The largest absolute Gasteiger partial charge is 0.412 e. The van der Waals surface area contributed by atoms with E-state index in [2.05, 4.69) is 13.2 Å². The zero-order valence-electron chi connectivity index (χ0n) is 45.6. The van der Waals surface area contributed by atoms with Crippen molar-refractivity contribution in [3.05, 3.63) is 24.3 Å². The molecular formula is C53H100O23. The fourth-order valence-corrected chi connectivity index (χ4v) is 17.1. The first-order valence-electron chi connectivity index (χ1n) is 26.2. The van der Waals surface area contributed by atoms with Gasteiger partial charge in [-0.25, -0.2) is 0 Å². The molecule has 0 unspecified atom stereocenters. The van der Waals surface area contributed by atoms with Gasteiger partial charge in [-0.15, -0.1) is 0 Å². The molecule has 0 aromatic rings. The van der Waals surface area contributed by atoms with Crippen LogP contribution in [0.25, 0.3) is 0 Å². The lowest BCUT2D eigenvalue weighted by atomic mass is 9.63. The Hall–Kier alpha value is -1.44. The van der Waals surface area contributed by atoms with Gasteiger partial charge < -0.3 is 118 Å². The Bertz CT molecular complexity index is 1810. The van der Waals surface area contributed by atoms with Crippen LogP contribution in [0.5, 0.6) is 0 Å². The van der Waals surface area contributed by atoms with Crippen molar-refractivity contribution in [3.63, 3.8) is 0 Å². The second-order valence-corrected chi connectivity index (χ2v) is 25.4. The van der Waals surface area contributed by atoms with Crippen molar-refractivity contribution in [1.82, 2.24) is 0 Å². The molecule has 2 saturated heterocycles. The first-order valence-corrected chi connectivity index (χ1v) is 26.2. The average molecular weight is 1110 g/mol. The van der Waals surface area contributed by atoms with Crippen molar-refractivity contribution in [2.75, 3.05) is 20.3 Å². The number of aliphatic hydroxyl groups is 13. The molecular weight excluding hydrogens is 1000 g/mol. The van der Waals surface area contributed by atoms with Gasteiger partial charge in [0.25, 0.3) is 0 Å². The molecule has 4 bridgehead atoms. The van der Waals surface area contributed by atoms with Gasteiger partial charge in [0.15, 0.2) is 12.6 Å². The lowest BCUT2D eigenvalue weighted by Crippen LogP contribution is -2.60. The Labute approximate surface area is 446 Å². The molecule has 8 saturated carbocycles. The van der Waals surface area contributed by atoms with Crippen molar-refractivity contribution in [3.8, 4) is 0 Å². The zero-order chi connectivity index (χ0) is 51.7. The molecule has 0 radical (unpaired) electrons. The third kappa shape index (κ3) is 10.5. The van der Waals surface area contributed by atoms with Crippen LogP contribution >= 0.6 is 0 Å². The summed E-state index contributed by atoms with van der Waals surface area (Å²) >= 11 is 0. The Morgan fingerprint density at radius 2 is 0.789 bits per heavy atom. The lowest BCUT2D eigenvalue weighted by molar-refractivity contribution is -0.329. The first kappa shape index (κ1) is 70.7. The van der Waals surface area contributed by atoms with Gasteiger partial charge in [-0.3, -0.25) is 0 Å². The maximum Gasteiger partial charge on any atom is 0.187 e. The maximum absolute atomic E-state index is 11.9. The Kier molecular flexibility index (Phi) is 22.5. The minimum Gasteiger partial charge on any atom is -0.412 e. The van der Waals surface area contributed by atoms with Crippen LogP contribution in [0, 0.1) is 57.2 Å². The van der Waals surface area contributed by atoms with Crippen LogP contribution in [0.4, 0.5) is 0 Å². The minimum atomic E-state index is -1.47. The van der Waals surface area contributed by atoms with Crippen LogP contribution in [0.2, 0.25) is 0 Å². The summed E-state index contributed by atoms with van der Waals surface area (Å²) in [6.45, 7) is 19.9. The zero-order valence-corrected chi connectivity index (χ0v) is 45.6. The molecule has 8 aliphatic carbocycles. The monoisotopic (exact) mass is 1100 g/mol. The van der Waals surface area contributed by atoms with E-state index in [1.807, 2.05) is 41.5 Å². The predicted octanol–water partition coefficient (Wildman–Crippen LogP) is -3.63. The molecule has 25 N–H and O–H groups in total. The highest BCUT2D eigenvalue weighted by molar-refractivity contribution is 5.30. The van der Waals surface area contributed by atoms with Crippen molar-refractivity contribution in [2.45, 2.75) is 227 Å². The van der Waals surface area contributed by atoms with E-state index in [0.29, 0.717) is 25.7 Å². The summed E-state index contributed by atoms with van der Waals surface area (Å²) in [5.41, 5.74) is -2.55. The Morgan fingerprint density at radius 3 is 1.09 bits per heavy atom. The van der Waals surface area contributed by atoms with Crippen LogP contribution in [-0.2, 0) is 18.9 Å². The molecule has 23 heteroatoms. The fraction of sp³-hybridized carbons (Fsp3) is 0.925. The SMILES string of the molecule is C=C1[C@H]2C[C@H](O)C(C)(C)[C@]2(O)CC[C@@]23C[C@@H](CC[C@@H]12)[C@](C)(O[C@@H]1O[C@H](CO)[C@@H](O)[C@H](O)[C@H]1O)C3.C=C1[C@H]2C[C@H](O)C(C)(C)[C@]2(O)CC[C@@]23C[C@@H](CC[C@@H]12)[C@](C)(O[C@@H]1O[C@H](CO)[C@@H](O)[C@H](O)[C@H]1O)C3.CO.O.O.O.O.O.O. The van der Waals surface area contributed by atoms with Crippen molar-refractivity contribution < 1.29 is 118 Å². The molecule has 450 valence electrons. The minimum absolute atomic E-state index is 0. The third-order valence-corrected chi connectivity index (χ3v) is 21.8.